The summed E-state index contributed by atoms with van der Waals surface area (Å²) in [6.07, 6.45) is 5.43. The SMILES string of the molecule is C=CCOc1cc(C(=O)NCCCCNC(=O)COc2cc(C(=O)NCCCCNC(=O)OC(C)(C)C)cc(C(=O)NCCCCNC(=O)OC(C)(C)C)c2)cc(C(=O)NCCCCNC(=O)COc2cc(C(=O)NCCCCNC(=O)OC(C)(C)C)cc(C(=O)NCCCCNC(=O)OC(C)(C)C)c2)c1. The summed E-state index contributed by atoms with van der Waals surface area (Å²) in [6, 6.07) is 12.9. The first-order valence-corrected chi connectivity index (χ1v) is 36.0. The number of rotatable bonds is 45. The standard InChI is InChI=1S/C75H114N12O19/c1-14-39-100-57-43-51(62(90)78-29-17-15-27-76-60(88)49-101-58-45-53(64(92)80-31-19-23-35-84-68(96)103-72(2,3)4)41-54(46-58)65(93)81-32-20-24-36-85-69(97)104-73(5,6)7)40-52(44-57)63(91)79-30-18-16-28-77-61(89)50-102-59-47-55(66(94)82-33-21-25-37-86-70(98)105-74(8,9)10)42-56(48-59)67(95)83-34-22-26-38-87-71(99)106-75(11,12)13/h14,40-48H,1,15-39,49-50H2,2-13H3,(H,76,88)(H,77,89)(H,78,90)(H,79,91)(H,80,92)(H,81,93)(H,82,94)(H,83,95)(H,84,96)(H,85,97)(H,86,98)(H,87,99). The molecule has 0 aliphatic rings. The van der Waals surface area contributed by atoms with E-state index in [1.807, 2.05) is 0 Å². The predicted octanol–water partition coefficient (Wildman–Crippen LogP) is 7.80. The normalized spacial score (nSPS) is 11.2. The van der Waals surface area contributed by atoms with E-state index in [4.69, 9.17) is 33.2 Å². The summed E-state index contributed by atoms with van der Waals surface area (Å²) in [6.45, 7) is 27.2. The molecule has 31 nitrogen and oxygen atoms in total. The molecular formula is C75H114N12O19. The molecule has 3 aromatic rings. The van der Waals surface area contributed by atoms with Crippen LogP contribution < -0.4 is 78.0 Å². The summed E-state index contributed by atoms with van der Waals surface area (Å²) >= 11 is 0. The van der Waals surface area contributed by atoms with Crippen molar-refractivity contribution in [3.8, 4) is 17.2 Å². The van der Waals surface area contributed by atoms with Crippen LogP contribution in [0.2, 0.25) is 0 Å². The van der Waals surface area contributed by atoms with Crippen LogP contribution >= 0.6 is 0 Å². The van der Waals surface area contributed by atoms with E-state index in [0.717, 1.165) is 0 Å². The number of hydrogen-bond acceptors (Lipinski definition) is 19. The Morgan fingerprint density at radius 1 is 0.274 bits per heavy atom. The van der Waals surface area contributed by atoms with Crippen molar-refractivity contribution in [2.45, 2.75) is 183 Å². The zero-order valence-corrected chi connectivity index (χ0v) is 63.8. The monoisotopic (exact) mass is 1490 g/mol. The fraction of sp³-hybridized carbons (Fsp3) is 0.573. The number of hydrogen-bond donors (Lipinski definition) is 12. The van der Waals surface area contributed by atoms with Gasteiger partial charge in [0.2, 0.25) is 0 Å². The van der Waals surface area contributed by atoms with E-state index in [1.54, 1.807) is 83.1 Å². The van der Waals surface area contributed by atoms with Crippen LogP contribution in [-0.4, -0.2) is 192 Å². The second-order valence-electron chi connectivity index (χ2n) is 28.6. The van der Waals surface area contributed by atoms with Gasteiger partial charge in [0.1, 0.15) is 46.3 Å². The number of ether oxygens (including phenoxy) is 7. The molecule has 106 heavy (non-hydrogen) atoms. The third-order valence-electron chi connectivity index (χ3n) is 14.1. The lowest BCUT2D eigenvalue weighted by atomic mass is 10.1. The third kappa shape index (κ3) is 42.4. The van der Waals surface area contributed by atoms with Crippen LogP contribution in [0.4, 0.5) is 19.2 Å². The largest absolute Gasteiger partial charge is 0.490 e. The molecule has 12 amide bonds. The molecule has 0 spiro atoms. The summed E-state index contributed by atoms with van der Waals surface area (Å²) in [5, 5.41) is 33.1. The van der Waals surface area contributed by atoms with E-state index in [1.165, 1.54) is 60.7 Å². The maximum Gasteiger partial charge on any atom is 0.407 e. The highest BCUT2D eigenvalue weighted by atomic mass is 16.6. The first kappa shape index (κ1) is 89.9. The summed E-state index contributed by atoms with van der Waals surface area (Å²) in [4.78, 5) is 154. The lowest BCUT2D eigenvalue weighted by molar-refractivity contribution is -0.123. The minimum Gasteiger partial charge on any atom is -0.490 e. The van der Waals surface area contributed by atoms with E-state index < -0.39 is 107 Å². The lowest BCUT2D eigenvalue weighted by Gasteiger charge is -2.19. The van der Waals surface area contributed by atoms with E-state index in [0.29, 0.717) is 103 Å². The second-order valence-corrected chi connectivity index (χ2v) is 28.6. The van der Waals surface area contributed by atoms with Gasteiger partial charge in [-0.1, -0.05) is 12.7 Å². The molecule has 3 aromatic carbocycles. The molecule has 0 aromatic heterocycles. The van der Waals surface area contributed by atoms with E-state index in [9.17, 15) is 57.5 Å². The fourth-order valence-corrected chi connectivity index (χ4v) is 9.19. The van der Waals surface area contributed by atoms with Crippen molar-refractivity contribution in [2.24, 2.45) is 0 Å². The molecule has 0 aliphatic heterocycles. The molecule has 0 saturated carbocycles. The van der Waals surface area contributed by atoms with Crippen LogP contribution in [0.1, 0.15) is 222 Å². The zero-order chi connectivity index (χ0) is 78.7. The molecule has 0 unspecified atom stereocenters. The molecule has 3 rings (SSSR count). The van der Waals surface area contributed by atoms with Gasteiger partial charge in [0.05, 0.1) is 0 Å². The molecular weight excluding hydrogens is 1370 g/mol. The minimum absolute atomic E-state index is 0.0874. The van der Waals surface area contributed by atoms with Gasteiger partial charge in [0, 0.05) is 112 Å². The van der Waals surface area contributed by atoms with Crippen molar-refractivity contribution in [1.29, 1.82) is 0 Å². The average Bonchev–Trinajstić information content (AvgIpc) is 0.849. The maximum absolute atomic E-state index is 13.4. The van der Waals surface area contributed by atoms with Crippen LogP contribution in [0.25, 0.3) is 0 Å². The van der Waals surface area contributed by atoms with E-state index in [-0.39, 0.29) is 110 Å². The van der Waals surface area contributed by atoms with Gasteiger partial charge in [-0.05, 0) is 215 Å². The average molecular weight is 1490 g/mol. The zero-order valence-electron chi connectivity index (χ0n) is 63.8. The van der Waals surface area contributed by atoms with Gasteiger partial charge in [0.15, 0.2) is 13.2 Å². The van der Waals surface area contributed by atoms with Crippen LogP contribution in [0.15, 0.2) is 67.3 Å². The molecule has 0 saturated heterocycles. The quantitative estimate of drug-likeness (QED) is 0.0146. The number of carbonyl (C=O) groups is 12. The molecule has 0 radical (unpaired) electrons. The summed E-state index contributed by atoms with van der Waals surface area (Å²) in [7, 11) is 0. The van der Waals surface area contributed by atoms with Crippen LogP contribution in [0, 0.1) is 0 Å². The topological polar surface area (TPSA) is 414 Å². The number of alkyl carbamates (subject to hydrolysis) is 4. The molecule has 0 heterocycles. The third-order valence-corrected chi connectivity index (χ3v) is 14.1. The number of unbranched alkanes of at least 4 members (excludes halogenated alkanes) is 6. The van der Waals surface area contributed by atoms with Gasteiger partial charge in [0.25, 0.3) is 47.3 Å². The molecule has 588 valence electrons. The van der Waals surface area contributed by atoms with Crippen LogP contribution in [0.5, 0.6) is 17.2 Å². The predicted molar refractivity (Wildman–Crippen MR) is 398 cm³/mol. The first-order chi connectivity index (χ1) is 50.0. The van der Waals surface area contributed by atoms with Crippen LogP contribution in [0.3, 0.4) is 0 Å². The molecule has 31 heteroatoms. The fourth-order valence-electron chi connectivity index (χ4n) is 9.19. The first-order valence-electron chi connectivity index (χ1n) is 36.0. The van der Waals surface area contributed by atoms with Gasteiger partial charge in [-0.15, -0.1) is 0 Å². The summed E-state index contributed by atoms with van der Waals surface area (Å²) in [5.74, 6) is -3.48. The van der Waals surface area contributed by atoms with Gasteiger partial charge >= 0.3 is 24.4 Å². The Morgan fingerprint density at radius 2 is 0.453 bits per heavy atom. The Labute approximate surface area is 622 Å². The van der Waals surface area contributed by atoms with Gasteiger partial charge < -0.3 is 97.0 Å². The molecule has 12 N–H and O–H groups in total. The second kappa shape index (κ2) is 47.2. The highest BCUT2D eigenvalue weighted by molar-refractivity contribution is 6.02. The maximum atomic E-state index is 13.4. The van der Waals surface area contributed by atoms with E-state index in [2.05, 4.69) is 70.4 Å². The summed E-state index contributed by atoms with van der Waals surface area (Å²) < 4.78 is 38.3. The highest BCUT2D eigenvalue weighted by Crippen LogP contribution is 2.22. The summed E-state index contributed by atoms with van der Waals surface area (Å²) in [5.41, 5.74) is -1.82. The Kier molecular flexibility index (Phi) is 40.0. The lowest BCUT2D eigenvalue weighted by Crippen LogP contribution is -2.33. The molecule has 0 aliphatic carbocycles. The van der Waals surface area contributed by atoms with Crippen LogP contribution in [-0.2, 0) is 28.5 Å². The van der Waals surface area contributed by atoms with Gasteiger partial charge in [-0.2, -0.15) is 0 Å². The van der Waals surface area contributed by atoms with Crippen molar-refractivity contribution >= 4 is 71.6 Å². The van der Waals surface area contributed by atoms with Crippen molar-refractivity contribution < 1.29 is 90.7 Å². The Morgan fingerprint density at radius 3 is 0.642 bits per heavy atom. The van der Waals surface area contributed by atoms with Gasteiger partial charge in [-0.25, -0.2) is 19.2 Å². The molecule has 0 fully saturated rings. The number of nitrogens with one attached hydrogen (secondary N) is 12. The molecule has 0 bridgehead atoms. The van der Waals surface area contributed by atoms with Gasteiger partial charge in [-0.3, -0.25) is 38.4 Å². The number of benzene rings is 3. The smallest absolute Gasteiger partial charge is 0.407 e. The van der Waals surface area contributed by atoms with Crippen molar-refractivity contribution in [1.82, 2.24) is 63.8 Å². The van der Waals surface area contributed by atoms with E-state index >= 15 is 0 Å². The number of amides is 12. The molecule has 0 atom stereocenters. The number of carbonyl (C=O) groups excluding carboxylic acids is 12. The van der Waals surface area contributed by atoms with Crippen molar-refractivity contribution in [3.05, 3.63) is 101 Å². The Bertz CT molecular complexity index is 3040. The highest BCUT2D eigenvalue weighted by Gasteiger charge is 2.22. The Hall–Kier alpha value is -10.4. The van der Waals surface area contributed by atoms with Crippen molar-refractivity contribution in [3.63, 3.8) is 0 Å². The minimum atomic E-state index is -0.643. The Balaban J connectivity index is 1.50. The van der Waals surface area contributed by atoms with Crippen molar-refractivity contribution in [2.75, 3.05) is 98.4 Å².